The summed E-state index contributed by atoms with van der Waals surface area (Å²) < 4.78 is 2.35. The first-order chi connectivity index (χ1) is 15.8. The molecular weight excluding hydrogens is 402 g/mol. The molecule has 1 fully saturated rings. The maximum Gasteiger partial charge on any atom is 0.239 e. The normalized spacial score (nSPS) is 18.4. The van der Waals surface area contributed by atoms with Gasteiger partial charge >= 0.3 is 0 Å². The quantitative estimate of drug-likeness (QED) is 0.543. The van der Waals surface area contributed by atoms with Crippen molar-refractivity contribution in [2.45, 2.75) is 25.3 Å². The number of aryl methyl sites for hydroxylation is 1. The van der Waals surface area contributed by atoms with Gasteiger partial charge in [-0.25, -0.2) is 19.9 Å². The highest BCUT2D eigenvalue weighted by atomic mass is 16.2. The molecule has 8 nitrogen and oxygen atoms in total. The summed E-state index contributed by atoms with van der Waals surface area (Å²) in [7, 11) is 0. The van der Waals surface area contributed by atoms with Crippen molar-refractivity contribution >= 4 is 23.0 Å². The Morgan fingerprint density at radius 3 is 2.62 bits per heavy atom. The average Bonchev–Trinajstić information content (AvgIpc) is 3.23. The molecule has 1 N–H and O–H groups in total. The van der Waals surface area contributed by atoms with Crippen LogP contribution in [0.5, 0.6) is 0 Å². The second-order valence-electron chi connectivity index (χ2n) is 8.33. The summed E-state index contributed by atoms with van der Waals surface area (Å²) in [6, 6.07) is 13.0. The van der Waals surface area contributed by atoms with Gasteiger partial charge in [-0.1, -0.05) is 30.3 Å². The number of hydrogen-bond acceptors (Lipinski definition) is 6. The van der Waals surface area contributed by atoms with Gasteiger partial charge in [-0.2, -0.15) is 0 Å². The van der Waals surface area contributed by atoms with Crippen molar-refractivity contribution in [3.05, 3.63) is 66.4 Å². The molecule has 4 aromatic rings. The third kappa shape index (κ3) is 3.28. The van der Waals surface area contributed by atoms with E-state index in [1.54, 1.807) is 12.4 Å². The van der Waals surface area contributed by atoms with E-state index in [1.165, 1.54) is 5.56 Å². The van der Waals surface area contributed by atoms with E-state index in [9.17, 15) is 4.79 Å². The molecule has 32 heavy (non-hydrogen) atoms. The van der Waals surface area contributed by atoms with Crippen LogP contribution in [0.25, 0.3) is 22.3 Å². The number of anilines is 1. The Bertz CT molecular complexity index is 1280. The maximum atomic E-state index is 11.7. The molecule has 8 heteroatoms. The molecule has 1 amide bonds. The van der Waals surface area contributed by atoms with Crippen molar-refractivity contribution < 1.29 is 4.79 Å². The number of piperazine rings is 1. The van der Waals surface area contributed by atoms with Gasteiger partial charge in [0, 0.05) is 49.2 Å². The number of hydrogen-bond donors (Lipinski definition) is 1. The number of nitrogens with one attached hydrogen (secondary N) is 1. The molecule has 0 radical (unpaired) electrons. The van der Waals surface area contributed by atoms with Crippen molar-refractivity contribution in [3.8, 4) is 11.1 Å². The first kappa shape index (κ1) is 18.9. The zero-order valence-electron chi connectivity index (χ0n) is 17.6. The molecule has 5 heterocycles. The molecule has 0 aliphatic carbocycles. The zero-order valence-corrected chi connectivity index (χ0v) is 17.6. The molecule has 2 aliphatic heterocycles. The summed E-state index contributed by atoms with van der Waals surface area (Å²) in [6.45, 7) is 1.61. The molecule has 1 atom stereocenters. The Kier molecular flexibility index (Phi) is 4.56. The summed E-state index contributed by atoms with van der Waals surface area (Å²) >= 11 is 0. The van der Waals surface area contributed by atoms with Crippen molar-refractivity contribution in [1.29, 1.82) is 0 Å². The Balaban J connectivity index is 1.37. The Hall–Kier alpha value is -3.81. The number of pyridine rings is 1. The van der Waals surface area contributed by atoms with Gasteiger partial charge in [0.2, 0.25) is 11.9 Å². The van der Waals surface area contributed by atoms with Gasteiger partial charge in [0.15, 0.2) is 5.65 Å². The summed E-state index contributed by atoms with van der Waals surface area (Å²) in [5, 5.41) is 2.82. The minimum atomic E-state index is -0.00273. The topological polar surface area (TPSA) is 88.8 Å². The third-order valence-electron chi connectivity index (χ3n) is 6.29. The van der Waals surface area contributed by atoms with Gasteiger partial charge in [-0.15, -0.1) is 0 Å². The standard InChI is InChI=1S/C24H23N7O/c32-22-15-30(10-9-25-22)24-27-13-18(14-28-24)17-11-20-23(26-12-17)29-21-8-4-7-19(31(20)21)16-5-2-1-3-6-16/h1-3,5-6,11-14,19H,4,7-10,15H2,(H,25,32). The molecule has 3 aromatic heterocycles. The summed E-state index contributed by atoms with van der Waals surface area (Å²) in [5.41, 5.74) is 4.98. The van der Waals surface area contributed by atoms with E-state index in [4.69, 9.17) is 4.98 Å². The number of aromatic nitrogens is 5. The highest BCUT2D eigenvalue weighted by Crippen LogP contribution is 2.35. The van der Waals surface area contributed by atoms with Crippen LogP contribution in [0.2, 0.25) is 0 Å². The van der Waals surface area contributed by atoms with Crippen LogP contribution in [0.1, 0.15) is 30.3 Å². The number of rotatable bonds is 3. The van der Waals surface area contributed by atoms with Crippen LogP contribution in [0, 0.1) is 0 Å². The monoisotopic (exact) mass is 425 g/mol. The number of nitrogens with zero attached hydrogens (tertiary/aromatic N) is 6. The van der Waals surface area contributed by atoms with Crippen LogP contribution in [-0.4, -0.2) is 50.0 Å². The second kappa shape index (κ2) is 7.71. The second-order valence-corrected chi connectivity index (χ2v) is 8.33. The van der Waals surface area contributed by atoms with Crippen LogP contribution < -0.4 is 10.2 Å². The van der Waals surface area contributed by atoms with E-state index in [0.717, 1.165) is 47.4 Å². The lowest BCUT2D eigenvalue weighted by Gasteiger charge is -2.26. The van der Waals surface area contributed by atoms with E-state index in [1.807, 2.05) is 11.1 Å². The Morgan fingerprint density at radius 1 is 1.00 bits per heavy atom. The van der Waals surface area contributed by atoms with Crippen LogP contribution in [-0.2, 0) is 11.2 Å². The molecule has 1 aromatic carbocycles. The van der Waals surface area contributed by atoms with Crippen LogP contribution >= 0.6 is 0 Å². The minimum Gasteiger partial charge on any atom is -0.353 e. The number of carbonyl (C=O) groups is 1. The van der Waals surface area contributed by atoms with Crippen LogP contribution in [0.4, 0.5) is 5.95 Å². The first-order valence-electron chi connectivity index (χ1n) is 11.0. The SMILES string of the molecule is O=C1CN(c2ncc(-c3cnc4nc5n(c4c3)C(c3ccccc3)CCC5)cn2)CCN1. The smallest absolute Gasteiger partial charge is 0.239 e. The van der Waals surface area contributed by atoms with E-state index in [2.05, 4.69) is 61.2 Å². The fraction of sp³-hybridized carbons (Fsp3) is 0.292. The number of benzene rings is 1. The molecule has 1 unspecified atom stereocenters. The lowest BCUT2D eigenvalue weighted by atomic mass is 9.97. The van der Waals surface area contributed by atoms with Gasteiger partial charge in [-0.3, -0.25) is 4.79 Å². The first-order valence-corrected chi connectivity index (χ1v) is 11.0. The highest BCUT2D eigenvalue weighted by molar-refractivity contribution is 5.82. The number of imidazole rings is 1. The van der Waals surface area contributed by atoms with Gasteiger partial charge in [0.1, 0.15) is 5.82 Å². The lowest BCUT2D eigenvalue weighted by Crippen LogP contribution is -2.48. The maximum absolute atomic E-state index is 11.7. The van der Waals surface area contributed by atoms with Gasteiger partial charge in [0.25, 0.3) is 0 Å². The highest BCUT2D eigenvalue weighted by Gasteiger charge is 2.25. The minimum absolute atomic E-state index is 0.00273. The molecule has 0 bridgehead atoms. The van der Waals surface area contributed by atoms with Crippen molar-refractivity contribution in [3.63, 3.8) is 0 Å². The van der Waals surface area contributed by atoms with E-state index < -0.39 is 0 Å². The molecule has 0 saturated carbocycles. The Labute approximate surface area is 185 Å². The van der Waals surface area contributed by atoms with E-state index in [-0.39, 0.29) is 18.5 Å². The molecule has 2 aliphatic rings. The predicted molar refractivity (Wildman–Crippen MR) is 121 cm³/mol. The number of carbonyl (C=O) groups excluding carboxylic acids is 1. The van der Waals surface area contributed by atoms with Crippen LogP contribution in [0.15, 0.2) is 55.0 Å². The van der Waals surface area contributed by atoms with Gasteiger partial charge in [0.05, 0.1) is 18.1 Å². The van der Waals surface area contributed by atoms with E-state index in [0.29, 0.717) is 19.0 Å². The molecular formula is C24H23N7O. The fourth-order valence-corrected chi connectivity index (χ4v) is 4.72. The average molecular weight is 425 g/mol. The summed E-state index contributed by atoms with van der Waals surface area (Å²) in [6.07, 6.45) is 8.63. The molecule has 6 rings (SSSR count). The zero-order chi connectivity index (χ0) is 21.5. The third-order valence-corrected chi connectivity index (χ3v) is 6.29. The summed E-state index contributed by atoms with van der Waals surface area (Å²) in [4.78, 5) is 32.1. The predicted octanol–water partition coefficient (Wildman–Crippen LogP) is 2.75. The van der Waals surface area contributed by atoms with Gasteiger partial charge in [-0.05, 0) is 24.5 Å². The molecule has 0 spiro atoms. The van der Waals surface area contributed by atoms with Crippen molar-refractivity contribution in [2.75, 3.05) is 24.5 Å². The molecule has 160 valence electrons. The van der Waals surface area contributed by atoms with Gasteiger partial charge < -0.3 is 14.8 Å². The molecule has 1 saturated heterocycles. The summed E-state index contributed by atoms with van der Waals surface area (Å²) in [5.74, 6) is 1.67. The number of amides is 1. The van der Waals surface area contributed by atoms with Crippen molar-refractivity contribution in [1.82, 2.24) is 29.8 Å². The van der Waals surface area contributed by atoms with Crippen LogP contribution in [0.3, 0.4) is 0 Å². The number of fused-ring (bicyclic) bond motifs is 3. The largest absolute Gasteiger partial charge is 0.353 e. The lowest BCUT2D eigenvalue weighted by molar-refractivity contribution is -0.120. The van der Waals surface area contributed by atoms with E-state index >= 15 is 0 Å². The Morgan fingerprint density at radius 2 is 1.81 bits per heavy atom. The van der Waals surface area contributed by atoms with Crippen molar-refractivity contribution in [2.24, 2.45) is 0 Å². The fourth-order valence-electron chi connectivity index (χ4n) is 4.72.